The highest BCUT2D eigenvalue weighted by Crippen LogP contribution is 2.48. The quantitative estimate of drug-likeness (QED) is 0.672. The second kappa shape index (κ2) is 7.19. The normalized spacial score (nSPS) is 22.7. The van der Waals surface area contributed by atoms with Gasteiger partial charge in [0.1, 0.15) is 0 Å². The first-order valence-corrected chi connectivity index (χ1v) is 9.12. The van der Waals surface area contributed by atoms with Crippen LogP contribution in [0.15, 0.2) is 52.0 Å². The maximum absolute atomic E-state index is 11.9. The topological polar surface area (TPSA) is 20.3 Å². The second-order valence-corrected chi connectivity index (χ2v) is 6.92. The van der Waals surface area contributed by atoms with Crippen LogP contribution in [0.3, 0.4) is 0 Å². The molecule has 0 bridgehead atoms. The fraction of sp³-hybridized carbons (Fsp3) is 0.421. The Kier molecular flexibility index (Phi) is 5.04. The van der Waals surface area contributed by atoms with E-state index >= 15 is 0 Å². The van der Waals surface area contributed by atoms with Crippen molar-refractivity contribution in [1.29, 1.82) is 0 Å². The minimum absolute atomic E-state index is 0.201. The highest BCUT2D eigenvalue weighted by Gasteiger charge is 2.28. The minimum Gasteiger partial charge on any atom is -0.307 e. The van der Waals surface area contributed by atoms with Crippen LogP contribution in [0.2, 0.25) is 0 Å². The molecule has 1 aromatic rings. The molecule has 2 nitrogen and oxygen atoms in total. The Hall–Kier alpha value is -1.48. The number of carbonyl (C=O) groups excluding carboxylic acids is 1. The highest BCUT2D eigenvalue weighted by molar-refractivity contribution is 8.03. The summed E-state index contributed by atoms with van der Waals surface area (Å²) < 4.78 is 0. The molecule has 3 rings (SSSR count). The molecule has 3 heteroatoms. The van der Waals surface area contributed by atoms with Gasteiger partial charge in [-0.15, -0.1) is 0 Å². The van der Waals surface area contributed by atoms with Crippen LogP contribution in [-0.2, 0) is 4.79 Å². The third-order valence-corrected chi connectivity index (χ3v) is 5.30. The molecule has 0 aromatic heterocycles. The summed E-state index contributed by atoms with van der Waals surface area (Å²) in [6.45, 7) is 1.92. The van der Waals surface area contributed by atoms with Crippen molar-refractivity contribution in [3.8, 4) is 0 Å². The first-order valence-electron chi connectivity index (χ1n) is 8.30. The molecule has 1 heterocycles. The standard InChI is InChI=1S/C19H23NOS/c1-2-16(21)14-19-20(15-10-6-4-3-5-7-11-15)17-12-8-9-13-18(17)22-19/h8-10,12-14H,2-7,11H2,1H3/b15-10+,19-14-. The van der Waals surface area contributed by atoms with Crippen LogP contribution >= 0.6 is 11.8 Å². The molecule has 22 heavy (non-hydrogen) atoms. The average molecular weight is 313 g/mol. The van der Waals surface area contributed by atoms with Crippen LogP contribution in [0, 0.1) is 0 Å². The lowest BCUT2D eigenvalue weighted by molar-refractivity contribution is -0.114. The molecule has 0 unspecified atom stereocenters. The first kappa shape index (κ1) is 15.4. The van der Waals surface area contributed by atoms with E-state index in [1.54, 1.807) is 11.8 Å². The molecule has 0 saturated heterocycles. The van der Waals surface area contributed by atoms with E-state index in [2.05, 4.69) is 35.2 Å². The largest absolute Gasteiger partial charge is 0.307 e. The summed E-state index contributed by atoms with van der Waals surface area (Å²) in [6.07, 6.45) is 12.2. The number of fused-ring (bicyclic) bond motifs is 1. The van der Waals surface area contributed by atoms with Gasteiger partial charge in [-0.05, 0) is 37.8 Å². The number of allylic oxidation sites excluding steroid dienone is 3. The first-order chi connectivity index (χ1) is 10.8. The predicted molar refractivity (Wildman–Crippen MR) is 93.9 cm³/mol. The van der Waals surface area contributed by atoms with Gasteiger partial charge in [-0.25, -0.2) is 0 Å². The number of ketones is 1. The van der Waals surface area contributed by atoms with E-state index < -0.39 is 0 Å². The molecule has 1 aromatic carbocycles. The van der Waals surface area contributed by atoms with Crippen LogP contribution in [0.5, 0.6) is 0 Å². The van der Waals surface area contributed by atoms with Crippen LogP contribution in [0.1, 0.15) is 51.9 Å². The number of nitrogens with zero attached hydrogens (tertiary/aromatic N) is 1. The van der Waals surface area contributed by atoms with E-state index in [1.165, 1.54) is 42.0 Å². The lowest BCUT2D eigenvalue weighted by Gasteiger charge is -2.25. The van der Waals surface area contributed by atoms with Gasteiger partial charge in [0, 0.05) is 23.1 Å². The molecule has 0 radical (unpaired) electrons. The lowest BCUT2D eigenvalue weighted by Crippen LogP contribution is -2.18. The molecule has 116 valence electrons. The molecular weight excluding hydrogens is 290 g/mol. The molecular formula is C19H23NOS. The Morgan fingerprint density at radius 2 is 2.05 bits per heavy atom. The van der Waals surface area contributed by atoms with Gasteiger partial charge < -0.3 is 4.90 Å². The molecule has 1 aliphatic carbocycles. The van der Waals surface area contributed by atoms with Crippen molar-refractivity contribution in [2.45, 2.75) is 56.8 Å². The van der Waals surface area contributed by atoms with Crippen molar-refractivity contribution in [3.05, 3.63) is 47.1 Å². The monoisotopic (exact) mass is 313 g/mol. The summed E-state index contributed by atoms with van der Waals surface area (Å²) in [5, 5.41) is 1.07. The van der Waals surface area contributed by atoms with Gasteiger partial charge in [-0.2, -0.15) is 0 Å². The summed E-state index contributed by atoms with van der Waals surface area (Å²) in [5.74, 6) is 0.201. The fourth-order valence-corrected chi connectivity index (χ4v) is 4.15. The molecule has 0 saturated carbocycles. The van der Waals surface area contributed by atoms with E-state index in [-0.39, 0.29) is 5.78 Å². The van der Waals surface area contributed by atoms with Crippen LogP contribution in [0.4, 0.5) is 5.69 Å². The maximum atomic E-state index is 11.9. The number of hydrogen-bond acceptors (Lipinski definition) is 3. The number of hydrogen-bond donors (Lipinski definition) is 0. The van der Waals surface area contributed by atoms with Gasteiger partial charge in [0.2, 0.25) is 0 Å². The Morgan fingerprint density at radius 1 is 1.23 bits per heavy atom. The zero-order chi connectivity index (χ0) is 15.4. The van der Waals surface area contributed by atoms with Crippen molar-refractivity contribution in [1.82, 2.24) is 0 Å². The van der Waals surface area contributed by atoms with Gasteiger partial charge in [0.25, 0.3) is 0 Å². The summed E-state index contributed by atoms with van der Waals surface area (Å²) in [5.41, 5.74) is 2.60. The smallest absolute Gasteiger partial charge is 0.158 e. The zero-order valence-electron chi connectivity index (χ0n) is 13.2. The summed E-state index contributed by atoms with van der Waals surface area (Å²) in [7, 11) is 0. The number of thioether (sulfide) groups is 1. The van der Waals surface area contributed by atoms with E-state index in [0.29, 0.717) is 6.42 Å². The van der Waals surface area contributed by atoms with E-state index in [0.717, 1.165) is 17.9 Å². The van der Waals surface area contributed by atoms with Crippen molar-refractivity contribution in [3.63, 3.8) is 0 Å². The van der Waals surface area contributed by atoms with Crippen molar-refractivity contribution >= 4 is 23.2 Å². The highest BCUT2D eigenvalue weighted by atomic mass is 32.2. The van der Waals surface area contributed by atoms with E-state index in [1.807, 2.05) is 13.0 Å². The van der Waals surface area contributed by atoms with E-state index in [9.17, 15) is 4.79 Å². The Balaban J connectivity index is 1.98. The molecule has 0 spiro atoms. The van der Waals surface area contributed by atoms with Gasteiger partial charge >= 0.3 is 0 Å². The number of carbonyl (C=O) groups is 1. The minimum atomic E-state index is 0.201. The fourth-order valence-electron chi connectivity index (χ4n) is 3.01. The SMILES string of the molecule is CCC(=O)/C=C1\Sc2ccccc2N1/C1=C/CCCCCC1. The van der Waals surface area contributed by atoms with Crippen LogP contribution in [0.25, 0.3) is 0 Å². The maximum Gasteiger partial charge on any atom is 0.158 e. The molecule has 0 fully saturated rings. The zero-order valence-corrected chi connectivity index (χ0v) is 14.0. The number of benzene rings is 1. The Labute approximate surface area is 137 Å². The van der Waals surface area contributed by atoms with Crippen LogP contribution < -0.4 is 4.90 Å². The van der Waals surface area contributed by atoms with Crippen molar-refractivity contribution < 1.29 is 4.79 Å². The number of anilines is 1. The molecule has 0 N–H and O–H groups in total. The average Bonchev–Trinajstić information content (AvgIpc) is 2.85. The van der Waals surface area contributed by atoms with Gasteiger partial charge in [-0.1, -0.05) is 49.7 Å². The Bertz CT molecular complexity index is 618. The van der Waals surface area contributed by atoms with Gasteiger partial charge in [0.15, 0.2) is 5.78 Å². The summed E-state index contributed by atoms with van der Waals surface area (Å²) in [6, 6.07) is 8.47. The van der Waals surface area contributed by atoms with Crippen LogP contribution in [-0.4, -0.2) is 5.78 Å². The Morgan fingerprint density at radius 3 is 2.91 bits per heavy atom. The third kappa shape index (κ3) is 3.30. The molecule has 2 aliphatic rings. The molecule has 1 aliphatic heterocycles. The third-order valence-electron chi connectivity index (χ3n) is 4.23. The van der Waals surface area contributed by atoms with Crippen molar-refractivity contribution in [2.75, 3.05) is 4.90 Å². The summed E-state index contributed by atoms with van der Waals surface area (Å²) >= 11 is 1.72. The lowest BCUT2D eigenvalue weighted by atomic mass is 10.0. The number of rotatable bonds is 3. The van der Waals surface area contributed by atoms with Crippen molar-refractivity contribution in [2.24, 2.45) is 0 Å². The molecule has 0 amide bonds. The predicted octanol–water partition coefficient (Wildman–Crippen LogP) is 5.66. The second-order valence-electron chi connectivity index (χ2n) is 5.86. The van der Waals surface area contributed by atoms with Gasteiger partial charge in [0.05, 0.1) is 10.7 Å². The summed E-state index contributed by atoms with van der Waals surface area (Å²) in [4.78, 5) is 15.5. The van der Waals surface area contributed by atoms with Gasteiger partial charge in [-0.3, -0.25) is 4.79 Å². The number of para-hydroxylation sites is 1. The molecule has 0 atom stereocenters. The van der Waals surface area contributed by atoms with E-state index in [4.69, 9.17) is 0 Å².